The largest absolute Gasteiger partial charge is 0.488 e. The Morgan fingerprint density at radius 3 is 2.62 bits per heavy atom. The highest BCUT2D eigenvalue weighted by molar-refractivity contribution is 6.30. The van der Waals surface area contributed by atoms with Gasteiger partial charge in [-0.2, -0.15) is 0 Å². The molecule has 1 amide bonds. The molecule has 1 aliphatic heterocycles. The van der Waals surface area contributed by atoms with Crippen LogP contribution in [0.2, 0.25) is 5.02 Å². The molecule has 0 aliphatic carbocycles. The number of hydrogen-bond donors (Lipinski definition) is 1. The minimum absolute atomic E-state index is 0.136. The molecule has 0 spiro atoms. The predicted molar refractivity (Wildman–Crippen MR) is 91.3 cm³/mol. The zero-order valence-electron chi connectivity index (χ0n) is 12.8. The average Bonchev–Trinajstić information content (AvgIpc) is 2.55. The molecule has 0 fully saturated rings. The summed E-state index contributed by atoms with van der Waals surface area (Å²) in [6.07, 6.45) is 1.71. The number of carbonyl (C=O) groups is 2. The Morgan fingerprint density at radius 1 is 1.17 bits per heavy atom. The third-order valence-electron chi connectivity index (χ3n) is 3.33. The zero-order chi connectivity index (χ0) is 17.1. The number of anilines is 1. The van der Waals surface area contributed by atoms with Crippen molar-refractivity contribution in [2.24, 2.45) is 0 Å². The highest BCUT2D eigenvalue weighted by Crippen LogP contribution is 2.29. The van der Waals surface area contributed by atoms with Crippen molar-refractivity contribution in [3.63, 3.8) is 0 Å². The lowest BCUT2D eigenvalue weighted by molar-refractivity contribution is -0.130. The summed E-state index contributed by atoms with van der Waals surface area (Å²) in [5.74, 6) is 0.400. The number of benzene rings is 2. The van der Waals surface area contributed by atoms with Gasteiger partial charge < -0.3 is 14.8 Å². The predicted octanol–water partition coefficient (Wildman–Crippen LogP) is 3.68. The van der Waals surface area contributed by atoms with Gasteiger partial charge >= 0.3 is 5.97 Å². The molecule has 1 aliphatic rings. The summed E-state index contributed by atoms with van der Waals surface area (Å²) >= 11 is 5.95. The molecular weight excluding hydrogens is 330 g/mol. The van der Waals surface area contributed by atoms with Crippen molar-refractivity contribution >= 4 is 35.2 Å². The molecule has 6 heteroatoms. The number of carbonyl (C=O) groups excluding carboxylic acids is 2. The van der Waals surface area contributed by atoms with Crippen LogP contribution in [-0.4, -0.2) is 18.5 Å². The Kier molecular flexibility index (Phi) is 4.53. The first-order valence-electron chi connectivity index (χ1n) is 7.24. The van der Waals surface area contributed by atoms with E-state index in [1.165, 1.54) is 6.92 Å². The molecule has 1 heterocycles. The third kappa shape index (κ3) is 3.75. The van der Waals surface area contributed by atoms with Gasteiger partial charge in [0.25, 0.3) is 0 Å². The first-order valence-corrected chi connectivity index (χ1v) is 7.62. The van der Waals surface area contributed by atoms with Crippen LogP contribution in [0.3, 0.4) is 0 Å². The molecule has 0 saturated heterocycles. The number of rotatable bonds is 3. The van der Waals surface area contributed by atoms with Gasteiger partial charge in [-0.1, -0.05) is 11.6 Å². The van der Waals surface area contributed by atoms with Crippen LogP contribution in [0.4, 0.5) is 5.69 Å². The van der Waals surface area contributed by atoms with Crippen LogP contribution >= 0.6 is 11.6 Å². The van der Waals surface area contributed by atoms with Crippen LogP contribution in [-0.2, 0) is 9.59 Å². The normalized spacial score (nSPS) is 12.5. The number of halogens is 1. The standard InChI is InChI=1S/C18H14ClNO4/c1-11(21)20-15-3-5-16(6-4-15)24-18(22)13-8-12-9-14(19)2-7-17(12)23-10-13/h2-9H,10H2,1H3,(H,20,21). The second-order valence-electron chi connectivity index (χ2n) is 5.24. The third-order valence-corrected chi connectivity index (χ3v) is 3.57. The van der Waals surface area contributed by atoms with Gasteiger partial charge in [0.05, 0.1) is 5.57 Å². The van der Waals surface area contributed by atoms with Gasteiger partial charge in [0.15, 0.2) is 0 Å². The Morgan fingerprint density at radius 2 is 1.92 bits per heavy atom. The second-order valence-corrected chi connectivity index (χ2v) is 5.67. The quantitative estimate of drug-likeness (QED) is 0.682. The molecule has 0 aromatic heterocycles. The number of hydrogen-bond acceptors (Lipinski definition) is 4. The van der Waals surface area contributed by atoms with Crippen LogP contribution in [0.25, 0.3) is 6.08 Å². The maximum Gasteiger partial charge on any atom is 0.342 e. The lowest BCUT2D eigenvalue weighted by Gasteiger charge is -2.17. The monoisotopic (exact) mass is 343 g/mol. The molecule has 2 aromatic carbocycles. The smallest absolute Gasteiger partial charge is 0.342 e. The van der Waals surface area contributed by atoms with Gasteiger partial charge in [0.2, 0.25) is 5.91 Å². The highest BCUT2D eigenvalue weighted by atomic mass is 35.5. The molecule has 3 rings (SSSR count). The molecule has 0 atom stereocenters. The van der Waals surface area contributed by atoms with Crippen LogP contribution < -0.4 is 14.8 Å². The van der Waals surface area contributed by atoms with Crippen LogP contribution in [0.5, 0.6) is 11.5 Å². The van der Waals surface area contributed by atoms with E-state index in [4.69, 9.17) is 21.1 Å². The van der Waals surface area contributed by atoms with Gasteiger partial charge in [-0.3, -0.25) is 4.79 Å². The van der Waals surface area contributed by atoms with Crippen molar-refractivity contribution in [2.75, 3.05) is 11.9 Å². The maximum absolute atomic E-state index is 12.3. The Hall–Kier alpha value is -2.79. The molecule has 0 saturated carbocycles. The van der Waals surface area contributed by atoms with E-state index in [9.17, 15) is 9.59 Å². The summed E-state index contributed by atoms with van der Waals surface area (Å²) in [4.78, 5) is 23.2. The Labute approximate surface area is 143 Å². The van der Waals surface area contributed by atoms with Crippen molar-refractivity contribution in [3.05, 3.63) is 58.6 Å². The summed E-state index contributed by atoms with van der Waals surface area (Å²) in [5.41, 5.74) is 1.77. The van der Waals surface area contributed by atoms with E-state index < -0.39 is 5.97 Å². The maximum atomic E-state index is 12.3. The molecule has 2 aromatic rings. The van der Waals surface area contributed by atoms with Crippen LogP contribution in [0.1, 0.15) is 12.5 Å². The molecule has 1 N–H and O–H groups in total. The fourth-order valence-electron chi connectivity index (χ4n) is 2.25. The van der Waals surface area contributed by atoms with Crippen molar-refractivity contribution in [1.82, 2.24) is 0 Å². The SMILES string of the molecule is CC(=O)Nc1ccc(OC(=O)C2=Cc3cc(Cl)ccc3OC2)cc1. The number of amides is 1. The lowest BCUT2D eigenvalue weighted by Crippen LogP contribution is -2.19. The lowest BCUT2D eigenvalue weighted by atomic mass is 10.1. The molecule has 24 heavy (non-hydrogen) atoms. The number of fused-ring (bicyclic) bond motifs is 1. The van der Waals surface area contributed by atoms with E-state index in [1.54, 1.807) is 48.5 Å². The Bertz CT molecular complexity index is 827. The molecule has 0 bridgehead atoms. The molecule has 0 unspecified atom stereocenters. The minimum Gasteiger partial charge on any atom is -0.488 e. The van der Waals surface area contributed by atoms with Crippen molar-refractivity contribution in [3.8, 4) is 11.5 Å². The number of nitrogens with one attached hydrogen (secondary N) is 1. The molecular formula is C18H14ClNO4. The van der Waals surface area contributed by atoms with Crippen molar-refractivity contribution in [1.29, 1.82) is 0 Å². The fourth-order valence-corrected chi connectivity index (χ4v) is 2.43. The molecule has 122 valence electrons. The van der Waals surface area contributed by atoms with E-state index >= 15 is 0 Å². The molecule has 0 radical (unpaired) electrons. The number of ether oxygens (including phenoxy) is 2. The number of esters is 1. The zero-order valence-corrected chi connectivity index (χ0v) is 13.6. The van der Waals surface area contributed by atoms with E-state index in [2.05, 4.69) is 5.32 Å². The highest BCUT2D eigenvalue weighted by Gasteiger charge is 2.19. The van der Waals surface area contributed by atoms with Gasteiger partial charge in [-0.15, -0.1) is 0 Å². The summed E-state index contributed by atoms with van der Waals surface area (Å²) < 4.78 is 10.9. The summed E-state index contributed by atoms with van der Waals surface area (Å²) in [6.45, 7) is 1.56. The summed E-state index contributed by atoms with van der Waals surface area (Å²) in [6, 6.07) is 11.8. The summed E-state index contributed by atoms with van der Waals surface area (Å²) in [5, 5.41) is 3.21. The first-order chi connectivity index (χ1) is 11.5. The van der Waals surface area contributed by atoms with E-state index in [-0.39, 0.29) is 12.5 Å². The van der Waals surface area contributed by atoms with E-state index in [1.807, 2.05) is 0 Å². The van der Waals surface area contributed by atoms with Gasteiger partial charge in [0.1, 0.15) is 18.1 Å². The first kappa shape index (κ1) is 16.1. The van der Waals surface area contributed by atoms with Crippen LogP contribution in [0.15, 0.2) is 48.0 Å². The second kappa shape index (κ2) is 6.76. The van der Waals surface area contributed by atoms with Crippen molar-refractivity contribution < 1.29 is 19.1 Å². The summed E-state index contributed by atoms with van der Waals surface area (Å²) in [7, 11) is 0. The van der Waals surface area contributed by atoms with E-state index in [0.717, 1.165) is 5.56 Å². The minimum atomic E-state index is -0.493. The van der Waals surface area contributed by atoms with Crippen LogP contribution in [0, 0.1) is 0 Å². The average molecular weight is 344 g/mol. The van der Waals surface area contributed by atoms with E-state index in [0.29, 0.717) is 27.8 Å². The topological polar surface area (TPSA) is 64.6 Å². The van der Waals surface area contributed by atoms with Crippen molar-refractivity contribution in [2.45, 2.75) is 6.92 Å². The van der Waals surface area contributed by atoms with Gasteiger partial charge in [0, 0.05) is 23.2 Å². The fraction of sp³-hybridized carbons (Fsp3) is 0.111. The van der Waals surface area contributed by atoms with Gasteiger partial charge in [-0.25, -0.2) is 4.79 Å². The van der Waals surface area contributed by atoms with Gasteiger partial charge in [-0.05, 0) is 48.5 Å². The Balaban J connectivity index is 1.72. The molecule has 5 nitrogen and oxygen atoms in total.